The van der Waals surface area contributed by atoms with Gasteiger partial charge in [-0.15, -0.1) is 0 Å². The van der Waals surface area contributed by atoms with E-state index in [0.717, 1.165) is 12.8 Å². The van der Waals surface area contributed by atoms with E-state index in [1.165, 1.54) is 31.3 Å². The van der Waals surface area contributed by atoms with E-state index in [9.17, 15) is 4.79 Å². The molecule has 2 N–H and O–H groups in total. The van der Waals surface area contributed by atoms with E-state index in [2.05, 4.69) is 22.0 Å². The molecule has 2 aliphatic heterocycles. The predicted molar refractivity (Wildman–Crippen MR) is 79.2 cm³/mol. The van der Waals surface area contributed by atoms with Crippen LogP contribution in [0.1, 0.15) is 38.5 Å². The van der Waals surface area contributed by atoms with E-state index < -0.39 is 0 Å². The second-order valence-electron chi connectivity index (χ2n) is 7.27. The SMILES string of the molecule is O=C1C2CCC3=CC=NNC3C3CCC(NN1C1CC1)C23. The first kappa shape index (κ1) is 12.2. The molecule has 1 saturated heterocycles. The quantitative estimate of drug-likeness (QED) is 0.761. The van der Waals surface area contributed by atoms with Gasteiger partial charge in [-0.25, -0.2) is 5.43 Å². The Morgan fingerprint density at radius 3 is 2.95 bits per heavy atom. The molecule has 5 aliphatic rings. The number of allylic oxidation sites excluding steroid dienone is 1. The predicted octanol–water partition coefficient (Wildman–Crippen LogP) is 1.18. The molecule has 0 aromatic rings. The molecule has 3 aliphatic carbocycles. The van der Waals surface area contributed by atoms with E-state index in [1.54, 1.807) is 0 Å². The Kier molecular flexibility index (Phi) is 2.51. The van der Waals surface area contributed by atoms with Crippen LogP contribution in [0.3, 0.4) is 0 Å². The van der Waals surface area contributed by atoms with Crippen molar-refractivity contribution in [1.29, 1.82) is 0 Å². The number of hydrazine groups is 1. The van der Waals surface area contributed by atoms with Crippen LogP contribution in [-0.4, -0.2) is 35.3 Å². The molecule has 5 unspecified atom stereocenters. The minimum atomic E-state index is 0.220. The number of carbonyl (C=O) groups excluding carboxylic acids is 1. The first-order valence-corrected chi connectivity index (χ1v) is 8.40. The summed E-state index contributed by atoms with van der Waals surface area (Å²) >= 11 is 0. The van der Waals surface area contributed by atoms with Gasteiger partial charge in [-0.2, -0.15) is 5.10 Å². The second kappa shape index (κ2) is 4.32. The van der Waals surface area contributed by atoms with Crippen LogP contribution in [0, 0.1) is 17.8 Å². The number of hydrogen-bond donors (Lipinski definition) is 2. The highest BCUT2D eigenvalue weighted by molar-refractivity contribution is 5.81. The number of hydrazone groups is 1. The van der Waals surface area contributed by atoms with Gasteiger partial charge in [0, 0.05) is 24.2 Å². The Morgan fingerprint density at radius 1 is 1.19 bits per heavy atom. The summed E-state index contributed by atoms with van der Waals surface area (Å²) in [4.78, 5) is 12.9. The molecule has 0 aromatic heterocycles. The molecule has 0 aromatic carbocycles. The van der Waals surface area contributed by atoms with Gasteiger partial charge in [0.05, 0.1) is 6.04 Å². The van der Waals surface area contributed by atoms with Crippen molar-refractivity contribution in [3.63, 3.8) is 0 Å². The third-order valence-electron chi connectivity index (χ3n) is 6.15. The van der Waals surface area contributed by atoms with E-state index in [4.69, 9.17) is 0 Å². The molecule has 21 heavy (non-hydrogen) atoms. The summed E-state index contributed by atoms with van der Waals surface area (Å²) in [7, 11) is 0. The molecule has 2 heterocycles. The van der Waals surface area contributed by atoms with Gasteiger partial charge in [0.2, 0.25) is 5.91 Å². The van der Waals surface area contributed by atoms with E-state index in [-0.39, 0.29) is 5.92 Å². The summed E-state index contributed by atoms with van der Waals surface area (Å²) in [6.07, 6.45) is 10.8. The van der Waals surface area contributed by atoms with Crippen molar-refractivity contribution in [2.45, 2.75) is 56.7 Å². The molecule has 0 bridgehead atoms. The molecule has 1 amide bonds. The van der Waals surface area contributed by atoms with Gasteiger partial charge in [-0.3, -0.25) is 9.80 Å². The number of rotatable bonds is 1. The normalized spacial score (nSPS) is 44.6. The maximum atomic E-state index is 12.9. The zero-order chi connectivity index (χ0) is 14.0. The molecular weight excluding hydrogens is 264 g/mol. The van der Waals surface area contributed by atoms with Crippen molar-refractivity contribution in [3.05, 3.63) is 11.6 Å². The Balaban J connectivity index is 1.50. The minimum Gasteiger partial charge on any atom is -0.303 e. The Labute approximate surface area is 124 Å². The van der Waals surface area contributed by atoms with Gasteiger partial charge < -0.3 is 5.43 Å². The maximum absolute atomic E-state index is 12.9. The van der Waals surface area contributed by atoms with Crippen LogP contribution in [0.2, 0.25) is 0 Å². The molecule has 5 nitrogen and oxygen atoms in total. The lowest BCUT2D eigenvalue weighted by molar-refractivity contribution is -0.150. The lowest BCUT2D eigenvalue weighted by Gasteiger charge is -2.43. The summed E-state index contributed by atoms with van der Waals surface area (Å²) in [5.74, 6) is 1.64. The van der Waals surface area contributed by atoms with Crippen LogP contribution in [0.25, 0.3) is 0 Å². The molecule has 5 rings (SSSR count). The monoisotopic (exact) mass is 286 g/mol. The van der Waals surface area contributed by atoms with Crippen molar-refractivity contribution in [2.75, 3.05) is 0 Å². The lowest BCUT2D eigenvalue weighted by Crippen LogP contribution is -2.61. The highest BCUT2D eigenvalue weighted by Gasteiger charge is 2.55. The van der Waals surface area contributed by atoms with Gasteiger partial charge in [0.1, 0.15) is 0 Å². The fourth-order valence-corrected chi connectivity index (χ4v) is 5.07. The largest absolute Gasteiger partial charge is 0.303 e. The molecule has 5 atom stereocenters. The van der Waals surface area contributed by atoms with E-state index in [1.807, 2.05) is 11.2 Å². The highest BCUT2D eigenvalue weighted by atomic mass is 16.2. The van der Waals surface area contributed by atoms with Gasteiger partial charge in [-0.1, -0.05) is 0 Å². The third-order valence-corrected chi connectivity index (χ3v) is 6.15. The number of amides is 1. The Hall–Kier alpha value is -1.36. The van der Waals surface area contributed by atoms with Gasteiger partial charge in [-0.05, 0) is 62.0 Å². The first-order valence-electron chi connectivity index (χ1n) is 8.40. The average molecular weight is 286 g/mol. The molecular formula is C16H22N4O. The summed E-state index contributed by atoms with van der Waals surface area (Å²) in [5.41, 5.74) is 8.36. The number of carbonyl (C=O) groups is 1. The Bertz CT molecular complexity index is 538. The standard InChI is InChI=1S/C16H22N4O/c21-16-12-4-1-9-7-8-17-18-15(9)11-5-6-13(14(11)12)19-20(16)10-2-3-10/h7-8,10-15,18-19H,1-6H2. The number of fused-ring (bicyclic) bond motifs is 2. The molecule has 0 radical (unpaired) electrons. The van der Waals surface area contributed by atoms with E-state index in [0.29, 0.717) is 35.9 Å². The lowest BCUT2D eigenvalue weighted by atomic mass is 9.77. The highest BCUT2D eigenvalue weighted by Crippen LogP contribution is 2.49. The van der Waals surface area contributed by atoms with Crippen molar-refractivity contribution in [3.8, 4) is 0 Å². The van der Waals surface area contributed by atoms with Crippen molar-refractivity contribution in [1.82, 2.24) is 15.9 Å². The molecule has 112 valence electrons. The smallest absolute Gasteiger partial charge is 0.240 e. The fourth-order valence-electron chi connectivity index (χ4n) is 5.07. The van der Waals surface area contributed by atoms with Crippen molar-refractivity contribution < 1.29 is 4.79 Å². The van der Waals surface area contributed by atoms with Crippen molar-refractivity contribution in [2.24, 2.45) is 22.9 Å². The number of nitrogens with one attached hydrogen (secondary N) is 2. The Morgan fingerprint density at radius 2 is 2.10 bits per heavy atom. The zero-order valence-corrected chi connectivity index (χ0v) is 12.2. The van der Waals surface area contributed by atoms with Gasteiger partial charge >= 0.3 is 0 Å². The molecule has 3 saturated carbocycles. The number of nitrogens with zero attached hydrogens (tertiary/aromatic N) is 2. The van der Waals surface area contributed by atoms with Crippen LogP contribution in [0.15, 0.2) is 16.8 Å². The van der Waals surface area contributed by atoms with Crippen LogP contribution in [0.5, 0.6) is 0 Å². The van der Waals surface area contributed by atoms with Crippen LogP contribution in [0.4, 0.5) is 0 Å². The minimum absolute atomic E-state index is 0.220. The van der Waals surface area contributed by atoms with Crippen molar-refractivity contribution >= 4 is 12.1 Å². The molecule has 4 fully saturated rings. The van der Waals surface area contributed by atoms with Crippen LogP contribution < -0.4 is 10.9 Å². The summed E-state index contributed by atoms with van der Waals surface area (Å²) in [6, 6.07) is 1.33. The maximum Gasteiger partial charge on any atom is 0.240 e. The van der Waals surface area contributed by atoms with Gasteiger partial charge in [0.25, 0.3) is 0 Å². The number of hydrogen-bond acceptors (Lipinski definition) is 4. The van der Waals surface area contributed by atoms with Gasteiger partial charge in [0.15, 0.2) is 0 Å². The summed E-state index contributed by atoms with van der Waals surface area (Å²) in [6.45, 7) is 0. The average Bonchev–Trinajstić information content (AvgIpc) is 3.28. The summed E-state index contributed by atoms with van der Waals surface area (Å²) < 4.78 is 0. The fraction of sp³-hybridized carbons (Fsp3) is 0.750. The molecule has 0 spiro atoms. The topological polar surface area (TPSA) is 56.7 Å². The second-order valence-corrected chi connectivity index (χ2v) is 7.27. The molecule has 5 heteroatoms. The van der Waals surface area contributed by atoms with Crippen LogP contribution in [-0.2, 0) is 4.79 Å². The van der Waals surface area contributed by atoms with E-state index >= 15 is 0 Å². The zero-order valence-electron chi connectivity index (χ0n) is 12.2. The van der Waals surface area contributed by atoms with Crippen LogP contribution >= 0.6 is 0 Å². The summed E-state index contributed by atoms with van der Waals surface area (Å²) in [5, 5.41) is 6.26. The third kappa shape index (κ3) is 1.73. The first-order chi connectivity index (χ1) is 10.3.